The first kappa shape index (κ1) is 21.1. The molecule has 1 aromatic carbocycles. The van der Waals surface area contributed by atoms with Gasteiger partial charge in [0.05, 0.1) is 12.8 Å². The summed E-state index contributed by atoms with van der Waals surface area (Å²) in [5, 5.41) is 2.75. The van der Waals surface area contributed by atoms with Crippen molar-refractivity contribution in [2.24, 2.45) is 0 Å². The van der Waals surface area contributed by atoms with Crippen molar-refractivity contribution in [1.82, 2.24) is 9.62 Å². The van der Waals surface area contributed by atoms with Crippen LogP contribution in [0.4, 0.5) is 0 Å². The minimum Gasteiger partial charge on any atom is -0.323 e. The van der Waals surface area contributed by atoms with Crippen LogP contribution in [0.15, 0.2) is 30.3 Å². The third kappa shape index (κ3) is 10.7. The minimum atomic E-state index is -3.32. The molecule has 5 nitrogen and oxygen atoms in total. The molecule has 0 saturated carbocycles. The van der Waals surface area contributed by atoms with Crippen LogP contribution in [0.1, 0.15) is 19.4 Å². The number of carbonyl (C=O) groups excluding carboxylic acids is 1. The number of hydrogen-bond donors (Lipinski definition) is 1. The van der Waals surface area contributed by atoms with Gasteiger partial charge in [0, 0.05) is 6.54 Å². The average Bonchev–Trinajstić information content (AvgIpc) is 2.42. The van der Waals surface area contributed by atoms with Crippen LogP contribution in [0.2, 0.25) is 0 Å². The Morgan fingerprint density at radius 3 is 1.95 bits per heavy atom. The molecule has 1 rings (SSSR count). The minimum absolute atomic E-state index is 0.103. The second-order valence-electron chi connectivity index (χ2n) is 3.71. The van der Waals surface area contributed by atoms with E-state index < -0.39 is 10.0 Å². The van der Waals surface area contributed by atoms with E-state index in [4.69, 9.17) is 0 Å². The molecule has 0 bridgehead atoms. The zero-order valence-electron chi connectivity index (χ0n) is 13.0. The molecule has 0 fully saturated rings. The van der Waals surface area contributed by atoms with Gasteiger partial charge in [-0.3, -0.25) is 0 Å². The SMILES string of the molecule is CC.CNC.CS(=O)(=O)N(CC=O)Cc1ccccc1. The van der Waals surface area contributed by atoms with E-state index >= 15 is 0 Å². The van der Waals surface area contributed by atoms with Crippen molar-refractivity contribution in [2.75, 3.05) is 26.9 Å². The first-order chi connectivity index (χ1) is 9.45. The van der Waals surface area contributed by atoms with Crippen LogP contribution in [0.5, 0.6) is 0 Å². The summed E-state index contributed by atoms with van der Waals surface area (Å²) < 4.78 is 23.7. The monoisotopic (exact) mass is 302 g/mol. The Kier molecular flexibility index (Phi) is 13.5. The lowest BCUT2D eigenvalue weighted by molar-refractivity contribution is -0.108. The second kappa shape index (κ2) is 12.8. The Morgan fingerprint density at radius 2 is 1.60 bits per heavy atom. The van der Waals surface area contributed by atoms with Crippen molar-refractivity contribution in [3.63, 3.8) is 0 Å². The van der Waals surface area contributed by atoms with Crippen molar-refractivity contribution in [1.29, 1.82) is 0 Å². The van der Waals surface area contributed by atoms with Crippen LogP contribution >= 0.6 is 0 Å². The molecule has 1 aromatic rings. The maximum absolute atomic E-state index is 11.3. The Labute approximate surface area is 123 Å². The predicted molar refractivity (Wildman–Crippen MR) is 84.1 cm³/mol. The molecule has 0 atom stereocenters. The van der Waals surface area contributed by atoms with Crippen molar-refractivity contribution in [2.45, 2.75) is 20.4 Å². The highest BCUT2D eigenvalue weighted by Gasteiger charge is 2.15. The van der Waals surface area contributed by atoms with Crippen molar-refractivity contribution >= 4 is 16.3 Å². The Morgan fingerprint density at radius 1 is 1.15 bits per heavy atom. The summed E-state index contributed by atoms with van der Waals surface area (Å²) >= 11 is 0. The topological polar surface area (TPSA) is 66.5 Å². The van der Waals surface area contributed by atoms with E-state index in [-0.39, 0.29) is 13.1 Å². The van der Waals surface area contributed by atoms with E-state index in [1.807, 2.05) is 58.3 Å². The maximum atomic E-state index is 11.3. The molecule has 116 valence electrons. The van der Waals surface area contributed by atoms with Crippen LogP contribution in [0.3, 0.4) is 0 Å². The first-order valence-electron chi connectivity index (χ1n) is 6.46. The molecule has 6 heteroatoms. The summed E-state index contributed by atoms with van der Waals surface area (Å²) in [5.41, 5.74) is 0.866. The van der Waals surface area contributed by atoms with E-state index in [1.165, 1.54) is 0 Å². The van der Waals surface area contributed by atoms with Gasteiger partial charge < -0.3 is 10.1 Å². The highest BCUT2D eigenvalue weighted by molar-refractivity contribution is 7.88. The molecule has 1 N–H and O–H groups in total. The standard InChI is InChI=1S/C10H13NO3S.C2H7N.C2H6/c1-15(13,14)11(7-8-12)9-10-5-3-2-4-6-10;1-3-2;1-2/h2-6,8H,7,9H2,1H3;3H,1-2H3;1-2H3. The van der Waals surface area contributed by atoms with Crippen LogP contribution in [-0.2, 0) is 21.4 Å². The summed E-state index contributed by atoms with van der Waals surface area (Å²) in [6.45, 7) is 4.13. The summed E-state index contributed by atoms with van der Waals surface area (Å²) in [4.78, 5) is 10.3. The highest BCUT2D eigenvalue weighted by Crippen LogP contribution is 2.06. The molecular weight excluding hydrogens is 276 g/mol. The lowest BCUT2D eigenvalue weighted by atomic mass is 10.2. The first-order valence-corrected chi connectivity index (χ1v) is 8.31. The van der Waals surface area contributed by atoms with Gasteiger partial charge in [0.15, 0.2) is 0 Å². The molecule has 0 unspecified atom stereocenters. The maximum Gasteiger partial charge on any atom is 0.211 e. The molecule has 0 heterocycles. The quantitative estimate of drug-likeness (QED) is 0.837. The number of aldehydes is 1. The van der Waals surface area contributed by atoms with Crippen LogP contribution in [0.25, 0.3) is 0 Å². The van der Waals surface area contributed by atoms with Gasteiger partial charge in [0.1, 0.15) is 6.29 Å². The van der Waals surface area contributed by atoms with Gasteiger partial charge in [-0.05, 0) is 19.7 Å². The van der Waals surface area contributed by atoms with Gasteiger partial charge in [-0.25, -0.2) is 8.42 Å². The Balaban J connectivity index is 0. The molecule has 0 radical (unpaired) electrons. The zero-order chi connectivity index (χ0) is 16.0. The van der Waals surface area contributed by atoms with Gasteiger partial charge in [0.2, 0.25) is 10.0 Å². The fraction of sp³-hybridized carbons (Fsp3) is 0.500. The lowest BCUT2D eigenvalue weighted by Crippen LogP contribution is -2.31. The van der Waals surface area contributed by atoms with Gasteiger partial charge >= 0.3 is 0 Å². The average molecular weight is 302 g/mol. The fourth-order valence-corrected chi connectivity index (χ4v) is 1.90. The van der Waals surface area contributed by atoms with Crippen LogP contribution in [0, 0.1) is 0 Å². The second-order valence-corrected chi connectivity index (χ2v) is 5.69. The molecule has 0 aromatic heterocycles. The highest BCUT2D eigenvalue weighted by atomic mass is 32.2. The van der Waals surface area contributed by atoms with Crippen molar-refractivity contribution < 1.29 is 13.2 Å². The van der Waals surface area contributed by atoms with Crippen LogP contribution < -0.4 is 5.32 Å². The summed E-state index contributed by atoms with van der Waals surface area (Å²) in [7, 11) is 0.427. The third-order valence-electron chi connectivity index (χ3n) is 1.95. The molecule has 0 aliphatic heterocycles. The molecule has 20 heavy (non-hydrogen) atoms. The smallest absolute Gasteiger partial charge is 0.211 e. The van der Waals surface area contributed by atoms with E-state index in [9.17, 15) is 13.2 Å². The molecule has 0 spiro atoms. The molecule has 0 aliphatic rings. The normalized spacial score (nSPS) is 9.90. The third-order valence-corrected chi connectivity index (χ3v) is 3.17. The van der Waals surface area contributed by atoms with Crippen molar-refractivity contribution in [3.8, 4) is 0 Å². The van der Waals surface area contributed by atoms with E-state index in [0.717, 1.165) is 16.1 Å². The number of benzene rings is 1. The zero-order valence-corrected chi connectivity index (χ0v) is 13.8. The van der Waals surface area contributed by atoms with Gasteiger partial charge in [-0.2, -0.15) is 4.31 Å². The van der Waals surface area contributed by atoms with Crippen molar-refractivity contribution in [3.05, 3.63) is 35.9 Å². The van der Waals surface area contributed by atoms with Gasteiger partial charge in [0.25, 0.3) is 0 Å². The number of sulfonamides is 1. The Bertz CT molecular complexity index is 433. The number of nitrogens with one attached hydrogen (secondary N) is 1. The summed E-state index contributed by atoms with van der Waals surface area (Å²) in [6, 6.07) is 9.16. The predicted octanol–water partition coefficient (Wildman–Crippen LogP) is 1.51. The summed E-state index contributed by atoms with van der Waals surface area (Å²) in [5.74, 6) is 0. The largest absolute Gasteiger partial charge is 0.323 e. The molecule has 0 saturated heterocycles. The van der Waals surface area contributed by atoms with E-state index in [0.29, 0.717) is 6.29 Å². The number of rotatable bonds is 5. The molecular formula is C14H26N2O3S. The fourth-order valence-electron chi connectivity index (χ4n) is 1.19. The lowest BCUT2D eigenvalue weighted by Gasteiger charge is -2.16. The number of nitrogens with zero attached hydrogens (tertiary/aromatic N) is 1. The van der Waals surface area contributed by atoms with Gasteiger partial charge in [-0.1, -0.05) is 44.2 Å². The number of hydrogen-bond acceptors (Lipinski definition) is 4. The molecule has 0 amide bonds. The van der Waals surface area contributed by atoms with E-state index in [1.54, 1.807) is 0 Å². The Hall–Kier alpha value is -1.24. The van der Waals surface area contributed by atoms with Crippen LogP contribution in [-0.4, -0.2) is 45.9 Å². The number of carbonyl (C=O) groups is 1. The van der Waals surface area contributed by atoms with Gasteiger partial charge in [-0.15, -0.1) is 0 Å². The molecule has 0 aliphatic carbocycles. The summed E-state index contributed by atoms with van der Waals surface area (Å²) in [6.07, 6.45) is 1.68. The van der Waals surface area contributed by atoms with E-state index in [2.05, 4.69) is 5.32 Å².